The van der Waals surface area contributed by atoms with Crippen LogP contribution < -0.4 is 11.3 Å². The molecule has 0 radical (unpaired) electrons. The summed E-state index contributed by atoms with van der Waals surface area (Å²) in [5.74, 6) is 0.0693. The summed E-state index contributed by atoms with van der Waals surface area (Å²) in [5, 5.41) is 9.04. The van der Waals surface area contributed by atoms with Gasteiger partial charge in [-0.3, -0.25) is 9.78 Å². The Morgan fingerprint density at radius 2 is 2.32 bits per heavy atom. The van der Waals surface area contributed by atoms with Crippen molar-refractivity contribution >= 4 is 17.1 Å². The molecule has 3 rings (SSSR count). The number of fused-ring (bicyclic) bond motifs is 1. The highest BCUT2D eigenvalue weighted by Gasteiger charge is 2.25. The van der Waals surface area contributed by atoms with Gasteiger partial charge in [0.25, 0.3) is 5.56 Å². The van der Waals surface area contributed by atoms with Crippen molar-refractivity contribution in [3.8, 4) is 0 Å². The van der Waals surface area contributed by atoms with Crippen LogP contribution in [-0.2, 0) is 11.3 Å². The molecule has 102 valence electrons. The molecule has 0 bridgehead atoms. The van der Waals surface area contributed by atoms with Crippen molar-refractivity contribution < 1.29 is 9.84 Å². The molecule has 1 saturated heterocycles. The molecule has 0 saturated carbocycles. The van der Waals surface area contributed by atoms with Crippen molar-refractivity contribution in [1.29, 1.82) is 0 Å². The van der Waals surface area contributed by atoms with E-state index in [9.17, 15) is 4.79 Å². The van der Waals surface area contributed by atoms with E-state index in [4.69, 9.17) is 15.6 Å². The number of rotatable bonds is 3. The lowest BCUT2D eigenvalue weighted by molar-refractivity contribution is 0.00537. The van der Waals surface area contributed by atoms with Crippen molar-refractivity contribution in [2.75, 3.05) is 12.3 Å². The Labute approximate surface area is 108 Å². The number of ether oxygens (including phenoxy) is 1. The molecule has 1 aliphatic rings. The summed E-state index contributed by atoms with van der Waals surface area (Å²) in [6.07, 6.45) is 3.16. The third-order valence-electron chi connectivity index (χ3n) is 3.29. The number of nitrogen functional groups attached to an aromatic ring is 1. The summed E-state index contributed by atoms with van der Waals surface area (Å²) in [6, 6.07) is 0. The van der Waals surface area contributed by atoms with Crippen molar-refractivity contribution in [1.82, 2.24) is 19.5 Å². The van der Waals surface area contributed by atoms with Crippen LogP contribution in [0.25, 0.3) is 11.2 Å². The van der Waals surface area contributed by atoms with Crippen LogP contribution in [0.15, 0.2) is 11.1 Å². The maximum atomic E-state index is 11.6. The van der Waals surface area contributed by atoms with Crippen molar-refractivity contribution in [3.05, 3.63) is 16.7 Å². The number of hydrogen-bond acceptors (Lipinski definition) is 6. The first-order valence-corrected chi connectivity index (χ1v) is 6.14. The standard InChI is InChI=1S/C11H15N5O3/c12-11-14-9-8(10(18)15-11)13-5-16(9)3-6-1-2-7(4-17)19-6/h5-7,17H,1-4H2,(H3,12,14,15,18)/t6-,7+/m1/s1. The summed E-state index contributed by atoms with van der Waals surface area (Å²) in [5.41, 5.74) is 5.91. The number of aromatic amines is 1. The first-order valence-electron chi connectivity index (χ1n) is 6.14. The lowest BCUT2D eigenvalue weighted by Crippen LogP contribution is -2.19. The van der Waals surface area contributed by atoms with E-state index in [0.717, 1.165) is 12.8 Å². The Morgan fingerprint density at radius 3 is 3.05 bits per heavy atom. The monoisotopic (exact) mass is 265 g/mol. The zero-order chi connectivity index (χ0) is 13.4. The van der Waals surface area contributed by atoms with Crippen molar-refractivity contribution in [2.45, 2.75) is 31.6 Å². The van der Waals surface area contributed by atoms with Crippen molar-refractivity contribution in [3.63, 3.8) is 0 Å². The molecule has 0 aromatic carbocycles. The Kier molecular flexibility index (Phi) is 2.96. The highest BCUT2D eigenvalue weighted by Crippen LogP contribution is 2.21. The average molecular weight is 265 g/mol. The maximum absolute atomic E-state index is 11.6. The van der Waals surface area contributed by atoms with Gasteiger partial charge in [-0.05, 0) is 12.8 Å². The highest BCUT2D eigenvalue weighted by atomic mass is 16.5. The number of aromatic nitrogens is 4. The van der Waals surface area contributed by atoms with Gasteiger partial charge in [-0.1, -0.05) is 0 Å². The molecule has 1 fully saturated rings. The minimum Gasteiger partial charge on any atom is -0.394 e. The SMILES string of the molecule is Nc1nc2c(ncn2C[C@H]2CC[C@@H](CO)O2)c(=O)[nH]1. The van der Waals surface area contributed by atoms with Crippen LogP contribution in [-0.4, -0.2) is 43.4 Å². The minimum atomic E-state index is -0.346. The van der Waals surface area contributed by atoms with Gasteiger partial charge < -0.3 is 20.1 Å². The molecular formula is C11H15N5O3. The third-order valence-corrected chi connectivity index (χ3v) is 3.29. The fourth-order valence-corrected chi connectivity index (χ4v) is 2.37. The molecule has 2 aromatic heterocycles. The average Bonchev–Trinajstić information content (AvgIpc) is 2.97. The Morgan fingerprint density at radius 1 is 1.53 bits per heavy atom. The van der Waals surface area contributed by atoms with Gasteiger partial charge in [-0.25, -0.2) is 4.98 Å². The summed E-state index contributed by atoms with van der Waals surface area (Å²) < 4.78 is 7.41. The van der Waals surface area contributed by atoms with Gasteiger partial charge in [0.05, 0.1) is 31.7 Å². The van der Waals surface area contributed by atoms with E-state index in [1.807, 2.05) is 0 Å². The lowest BCUT2D eigenvalue weighted by Gasteiger charge is -2.12. The van der Waals surface area contributed by atoms with Crippen LogP contribution in [0.4, 0.5) is 5.95 Å². The topological polar surface area (TPSA) is 119 Å². The van der Waals surface area contributed by atoms with Gasteiger partial charge in [0.2, 0.25) is 5.95 Å². The van der Waals surface area contributed by atoms with Gasteiger partial charge in [-0.2, -0.15) is 4.98 Å². The lowest BCUT2D eigenvalue weighted by atomic mass is 10.2. The number of nitrogens with zero attached hydrogens (tertiary/aromatic N) is 3. The summed E-state index contributed by atoms with van der Waals surface area (Å²) >= 11 is 0. The molecule has 0 aliphatic carbocycles. The van der Waals surface area contributed by atoms with E-state index in [1.54, 1.807) is 10.9 Å². The quantitative estimate of drug-likeness (QED) is 0.671. The third kappa shape index (κ3) is 2.20. The molecule has 0 unspecified atom stereocenters. The largest absolute Gasteiger partial charge is 0.394 e. The van der Waals surface area contributed by atoms with Crippen molar-refractivity contribution in [2.24, 2.45) is 0 Å². The van der Waals surface area contributed by atoms with E-state index in [1.165, 1.54) is 0 Å². The second-order valence-corrected chi connectivity index (χ2v) is 4.66. The second kappa shape index (κ2) is 4.63. The number of imidazole rings is 1. The predicted molar refractivity (Wildman–Crippen MR) is 67.5 cm³/mol. The second-order valence-electron chi connectivity index (χ2n) is 4.66. The fraction of sp³-hybridized carbons (Fsp3) is 0.545. The number of anilines is 1. The van der Waals surface area contributed by atoms with Gasteiger partial charge in [0.1, 0.15) is 0 Å². The zero-order valence-corrected chi connectivity index (χ0v) is 10.2. The molecule has 0 spiro atoms. The van der Waals surface area contributed by atoms with E-state index < -0.39 is 0 Å². The summed E-state index contributed by atoms with van der Waals surface area (Å²) in [6.45, 7) is 0.578. The Balaban J connectivity index is 1.88. The molecule has 8 heteroatoms. The van der Waals surface area contributed by atoms with Gasteiger partial charge in [0.15, 0.2) is 11.2 Å². The van der Waals surface area contributed by atoms with E-state index in [-0.39, 0.29) is 35.8 Å². The van der Waals surface area contributed by atoms with Crippen LogP contribution in [0.3, 0.4) is 0 Å². The molecule has 1 aliphatic heterocycles. The first kappa shape index (κ1) is 12.1. The Hall–Kier alpha value is -1.93. The summed E-state index contributed by atoms with van der Waals surface area (Å²) in [4.78, 5) is 22.2. The smallest absolute Gasteiger partial charge is 0.280 e. The highest BCUT2D eigenvalue weighted by molar-refractivity contribution is 5.70. The number of nitrogens with one attached hydrogen (secondary N) is 1. The molecule has 2 aromatic rings. The van der Waals surface area contributed by atoms with Gasteiger partial charge in [-0.15, -0.1) is 0 Å². The van der Waals surface area contributed by atoms with Gasteiger partial charge >= 0.3 is 0 Å². The van der Waals surface area contributed by atoms with Gasteiger partial charge in [0, 0.05) is 0 Å². The van der Waals surface area contributed by atoms with E-state index in [0.29, 0.717) is 12.2 Å². The fourth-order valence-electron chi connectivity index (χ4n) is 2.37. The normalized spacial score (nSPS) is 23.2. The molecule has 0 amide bonds. The number of nitrogens with two attached hydrogens (primary N) is 1. The first-order chi connectivity index (χ1) is 9.17. The number of aliphatic hydroxyl groups excluding tert-OH is 1. The molecule has 2 atom stereocenters. The molecule has 8 nitrogen and oxygen atoms in total. The van der Waals surface area contributed by atoms with Crippen LogP contribution in [0.2, 0.25) is 0 Å². The molecule has 3 heterocycles. The van der Waals surface area contributed by atoms with Crippen LogP contribution >= 0.6 is 0 Å². The van der Waals surface area contributed by atoms with E-state index in [2.05, 4.69) is 15.0 Å². The predicted octanol–water partition coefficient (Wildman–Crippen LogP) is -0.758. The number of H-pyrrole nitrogens is 1. The molecular weight excluding hydrogens is 250 g/mol. The summed E-state index contributed by atoms with van der Waals surface area (Å²) in [7, 11) is 0. The minimum absolute atomic E-state index is 0.00291. The van der Waals surface area contributed by atoms with Crippen LogP contribution in [0.1, 0.15) is 12.8 Å². The number of aliphatic hydroxyl groups is 1. The van der Waals surface area contributed by atoms with Crippen LogP contribution in [0.5, 0.6) is 0 Å². The van der Waals surface area contributed by atoms with Crippen LogP contribution in [0, 0.1) is 0 Å². The Bertz CT molecular complexity index is 649. The van der Waals surface area contributed by atoms with E-state index >= 15 is 0 Å². The molecule has 19 heavy (non-hydrogen) atoms. The number of hydrogen-bond donors (Lipinski definition) is 3. The zero-order valence-electron chi connectivity index (χ0n) is 10.2. The maximum Gasteiger partial charge on any atom is 0.280 e. The molecule has 4 N–H and O–H groups in total.